The number of rotatable bonds is 5. The molecule has 3 N–H and O–H groups in total. The molecule has 0 atom stereocenters. The molecule has 0 saturated carbocycles. The average molecular weight is 289 g/mol. The SMILES string of the molecule is CCC(CC)CNC(=O)c1cc(N)cc(Cl)c1Cl. The normalized spacial score (nSPS) is 10.7. The topological polar surface area (TPSA) is 55.1 Å². The molecule has 0 aromatic heterocycles. The Bertz CT molecular complexity index is 431. The van der Waals surface area contributed by atoms with Gasteiger partial charge in [0.15, 0.2) is 0 Å². The molecule has 1 rings (SSSR count). The molecule has 1 aromatic carbocycles. The van der Waals surface area contributed by atoms with Crippen molar-refractivity contribution in [3.63, 3.8) is 0 Å². The summed E-state index contributed by atoms with van der Waals surface area (Å²) in [5.74, 6) is 0.241. The Kier molecular flexibility index (Phi) is 5.76. The third-order valence-electron chi connectivity index (χ3n) is 3.00. The minimum absolute atomic E-state index is 0.235. The van der Waals surface area contributed by atoms with Crippen LogP contribution in [0.3, 0.4) is 0 Å². The molecule has 100 valence electrons. The lowest BCUT2D eigenvalue weighted by atomic mass is 10.0. The summed E-state index contributed by atoms with van der Waals surface area (Å²) in [5.41, 5.74) is 6.41. The van der Waals surface area contributed by atoms with Crippen LogP contribution >= 0.6 is 23.2 Å². The predicted molar refractivity (Wildman–Crippen MR) is 77.3 cm³/mol. The number of amides is 1. The van der Waals surface area contributed by atoms with Crippen LogP contribution in [0.25, 0.3) is 0 Å². The molecule has 0 aliphatic heterocycles. The molecule has 0 aliphatic rings. The molecule has 3 nitrogen and oxygen atoms in total. The van der Waals surface area contributed by atoms with Crippen LogP contribution in [0.5, 0.6) is 0 Å². The lowest BCUT2D eigenvalue weighted by molar-refractivity contribution is 0.0946. The van der Waals surface area contributed by atoms with Crippen LogP contribution in [0.1, 0.15) is 37.0 Å². The fourth-order valence-electron chi connectivity index (χ4n) is 1.68. The van der Waals surface area contributed by atoms with Crippen LogP contribution in [0.15, 0.2) is 12.1 Å². The summed E-state index contributed by atoms with van der Waals surface area (Å²) in [4.78, 5) is 12.0. The molecule has 0 unspecified atom stereocenters. The van der Waals surface area contributed by atoms with Crippen molar-refractivity contribution >= 4 is 34.8 Å². The lowest BCUT2D eigenvalue weighted by Crippen LogP contribution is -2.29. The van der Waals surface area contributed by atoms with Gasteiger partial charge in [-0.3, -0.25) is 4.79 Å². The molecule has 1 aromatic rings. The van der Waals surface area contributed by atoms with Crippen molar-refractivity contribution in [1.29, 1.82) is 0 Å². The first-order valence-corrected chi connectivity index (χ1v) is 6.77. The first-order chi connectivity index (χ1) is 8.49. The van der Waals surface area contributed by atoms with Gasteiger partial charge in [-0.1, -0.05) is 49.9 Å². The number of hydrogen-bond acceptors (Lipinski definition) is 2. The molecule has 0 radical (unpaired) electrons. The van der Waals surface area contributed by atoms with Crippen LogP contribution in [0, 0.1) is 5.92 Å². The van der Waals surface area contributed by atoms with Crippen LogP contribution in [0.2, 0.25) is 10.0 Å². The zero-order valence-electron chi connectivity index (χ0n) is 10.6. The van der Waals surface area contributed by atoms with Gasteiger partial charge in [-0.2, -0.15) is 0 Å². The van der Waals surface area contributed by atoms with Gasteiger partial charge in [0.1, 0.15) is 0 Å². The minimum atomic E-state index is -0.235. The van der Waals surface area contributed by atoms with Gasteiger partial charge >= 0.3 is 0 Å². The molecular formula is C13H18Cl2N2O. The minimum Gasteiger partial charge on any atom is -0.399 e. The molecule has 18 heavy (non-hydrogen) atoms. The molecule has 0 spiro atoms. The first-order valence-electron chi connectivity index (χ1n) is 6.02. The van der Waals surface area contributed by atoms with Crippen LogP contribution in [-0.2, 0) is 0 Å². The molecule has 0 saturated heterocycles. The summed E-state index contributed by atoms with van der Waals surface area (Å²) in [6.07, 6.45) is 2.06. The Morgan fingerprint density at radius 2 is 1.94 bits per heavy atom. The first kappa shape index (κ1) is 15.1. The second-order valence-electron chi connectivity index (χ2n) is 4.26. The van der Waals surface area contributed by atoms with Crippen molar-refractivity contribution in [3.8, 4) is 0 Å². The quantitative estimate of drug-likeness (QED) is 0.811. The Balaban J connectivity index is 2.78. The van der Waals surface area contributed by atoms with E-state index in [1.807, 2.05) is 0 Å². The van der Waals surface area contributed by atoms with E-state index in [9.17, 15) is 4.79 Å². The number of halogens is 2. The highest BCUT2D eigenvalue weighted by Crippen LogP contribution is 2.28. The Hall–Kier alpha value is -0.930. The van der Waals surface area contributed by atoms with Gasteiger partial charge in [-0.05, 0) is 18.1 Å². The molecule has 0 heterocycles. The number of carbonyl (C=O) groups excluding carboxylic acids is 1. The number of benzene rings is 1. The second-order valence-corrected chi connectivity index (χ2v) is 5.04. The zero-order chi connectivity index (χ0) is 13.7. The maximum atomic E-state index is 12.0. The van der Waals surface area contributed by atoms with Gasteiger partial charge < -0.3 is 11.1 Å². The van der Waals surface area contributed by atoms with E-state index in [2.05, 4.69) is 19.2 Å². The number of anilines is 1. The zero-order valence-corrected chi connectivity index (χ0v) is 12.1. The molecule has 5 heteroatoms. The fraction of sp³-hybridized carbons (Fsp3) is 0.462. The van der Waals surface area contributed by atoms with E-state index >= 15 is 0 Å². The second kappa shape index (κ2) is 6.86. The largest absolute Gasteiger partial charge is 0.399 e. The van der Waals surface area contributed by atoms with Crippen molar-refractivity contribution in [3.05, 3.63) is 27.7 Å². The molecule has 0 aliphatic carbocycles. The van der Waals surface area contributed by atoms with Crippen LogP contribution in [-0.4, -0.2) is 12.5 Å². The number of nitrogens with two attached hydrogens (primary N) is 1. The number of hydrogen-bond donors (Lipinski definition) is 2. The van der Waals surface area contributed by atoms with Gasteiger partial charge in [0.05, 0.1) is 15.6 Å². The van der Waals surface area contributed by atoms with E-state index < -0.39 is 0 Å². The van der Waals surface area contributed by atoms with E-state index in [0.29, 0.717) is 28.7 Å². The third kappa shape index (κ3) is 3.79. The van der Waals surface area contributed by atoms with Gasteiger partial charge in [0.2, 0.25) is 0 Å². The summed E-state index contributed by atoms with van der Waals surface area (Å²) in [6, 6.07) is 3.07. The fourth-order valence-corrected chi connectivity index (χ4v) is 2.11. The van der Waals surface area contributed by atoms with Gasteiger partial charge in [0.25, 0.3) is 5.91 Å². The number of nitrogens with one attached hydrogen (secondary N) is 1. The maximum absolute atomic E-state index is 12.0. The predicted octanol–water partition coefficient (Wildman–Crippen LogP) is 3.74. The molecular weight excluding hydrogens is 271 g/mol. The maximum Gasteiger partial charge on any atom is 0.252 e. The van der Waals surface area contributed by atoms with E-state index in [1.165, 1.54) is 12.1 Å². The smallest absolute Gasteiger partial charge is 0.252 e. The van der Waals surface area contributed by atoms with E-state index in [1.54, 1.807) is 0 Å². The summed E-state index contributed by atoms with van der Waals surface area (Å²) >= 11 is 11.9. The molecule has 1 amide bonds. The summed E-state index contributed by atoms with van der Waals surface area (Å²) in [5, 5.41) is 3.40. The van der Waals surface area contributed by atoms with Crippen molar-refractivity contribution in [1.82, 2.24) is 5.32 Å². The van der Waals surface area contributed by atoms with E-state index in [4.69, 9.17) is 28.9 Å². The van der Waals surface area contributed by atoms with E-state index in [0.717, 1.165) is 12.8 Å². The Morgan fingerprint density at radius 3 is 2.50 bits per heavy atom. The molecule has 0 fully saturated rings. The van der Waals surface area contributed by atoms with Gasteiger partial charge in [-0.15, -0.1) is 0 Å². The summed E-state index contributed by atoms with van der Waals surface area (Å²) < 4.78 is 0. The summed E-state index contributed by atoms with van der Waals surface area (Å²) in [7, 11) is 0. The third-order valence-corrected chi connectivity index (χ3v) is 3.80. The monoisotopic (exact) mass is 288 g/mol. The van der Waals surface area contributed by atoms with Crippen LogP contribution < -0.4 is 11.1 Å². The van der Waals surface area contributed by atoms with Crippen molar-refractivity contribution in [2.45, 2.75) is 26.7 Å². The number of carbonyl (C=O) groups is 1. The highest BCUT2D eigenvalue weighted by Gasteiger charge is 2.15. The standard InChI is InChI=1S/C13H18Cl2N2O/c1-3-8(4-2)7-17-13(18)10-5-9(16)6-11(14)12(10)15/h5-6,8H,3-4,7,16H2,1-2H3,(H,17,18). The van der Waals surface area contributed by atoms with Crippen molar-refractivity contribution in [2.75, 3.05) is 12.3 Å². The lowest BCUT2D eigenvalue weighted by Gasteiger charge is -2.14. The summed E-state index contributed by atoms with van der Waals surface area (Å²) in [6.45, 7) is 4.84. The van der Waals surface area contributed by atoms with Crippen molar-refractivity contribution < 1.29 is 4.79 Å². The average Bonchev–Trinajstić information content (AvgIpc) is 2.34. The van der Waals surface area contributed by atoms with Crippen molar-refractivity contribution in [2.24, 2.45) is 5.92 Å². The van der Waals surface area contributed by atoms with Gasteiger partial charge in [-0.25, -0.2) is 0 Å². The van der Waals surface area contributed by atoms with Gasteiger partial charge in [0, 0.05) is 12.2 Å². The highest BCUT2D eigenvalue weighted by molar-refractivity contribution is 6.44. The van der Waals surface area contributed by atoms with E-state index in [-0.39, 0.29) is 10.9 Å². The Morgan fingerprint density at radius 1 is 1.33 bits per heavy atom. The highest BCUT2D eigenvalue weighted by atomic mass is 35.5. The van der Waals surface area contributed by atoms with Crippen LogP contribution in [0.4, 0.5) is 5.69 Å². The number of nitrogen functional groups attached to an aromatic ring is 1. The Labute approximate surface area is 118 Å². The molecule has 0 bridgehead atoms.